The van der Waals surface area contributed by atoms with Gasteiger partial charge in [0.05, 0.1) is 12.1 Å². The topological polar surface area (TPSA) is 52.7 Å². The van der Waals surface area contributed by atoms with Crippen molar-refractivity contribution in [3.05, 3.63) is 0 Å². The number of piperazine rings is 1. The first-order valence-electron chi connectivity index (χ1n) is 6.91. The maximum Gasteiger partial charge on any atom is 0.0626 e. The third-order valence-corrected chi connectivity index (χ3v) is 4.34. The summed E-state index contributed by atoms with van der Waals surface area (Å²) in [5.74, 6) is 0.552. The van der Waals surface area contributed by atoms with Gasteiger partial charge in [0.15, 0.2) is 0 Å². The van der Waals surface area contributed by atoms with Crippen LogP contribution in [0.25, 0.3) is 0 Å². The van der Waals surface area contributed by atoms with Gasteiger partial charge in [-0.25, -0.2) is 0 Å². The third kappa shape index (κ3) is 3.19. The van der Waals surface area contributed by atoms with Crippen LogP contribution in [0.1, 0.15) is 26.7 Å². The van der Waals surface area contributed by atoms with Crippen molar-refractivity contribution in [2.75, 3.05) is 39.3 Å². The van der Waals surface area contributed by atoms with Gasteiger partial charge in [-0.1, -0.05) is 0 Å². The summed E-state index contributed by atoms with van der Waals surface area (Å²) in [5, 5.41) is 9.50. The third-order valence-electron chi connectivity index (χ3n) is 4.34. The molecule has 0 spiro atoms. The molecule has 1 saturated carbocycles. The van der Waals surface area contributed by atoms with Crippen molar-refractivity contribution >= 4 is 0 Å². The van der Waals surface area contributed by atoms with Crippen molar-refractivity contribution in [1.82, 2.24) is 9.80 Å². The lowest BCUT2D eigenvalue weighted by Gasteiger charge is -2.41. The number of nitrogens with two attached hydrogens (primary N) is 1. The molecule has 0 amide bonds. The van der Waals surface area contributed by atoms with Gasteiger partial charge in [0.2, 0.25) is 0 Å². The zero-order valence-corrected chi connectivity index (χ0v) is 11.2. The van der Waals surface area contributed by atoms with Gasteiger partial charge in [0.1, 0.15) is 0 Å². The van der Waals surface area contributed by atoms with Gasteiger partial charge in [-0.15, -0.1) is 0 Å². The van der Waals surface area contributed by atoms with Crippen LogP contribution in [0, 0.1) is 5.92 Å². The quantitative estimate of drug-likeness (QED) is 0.717. The van der Waals surface area contributed by atoms with Crippen LogP contribution in [0.3, 0.4) is 0 Å². The summed E-state index contributed by atoms with van der Waals surface area (Å²) < 4.78 is 0. The number of aliphatic hydroxyl groups excluding tert-OH is 1. The summed E-state index contributed by atoms with van der Waals surface area (Å²) in [6.45, 7) is 9.92. The lowest BCUT2D eigenvalue weighted by atomic mass is 9.94. The molecule has 2 fully saturated rings. The Labute approximate surface area is 105 Å². The smallest absolute Gasteiger partial charge is 0.0626 e. The molecule has 1 aliphatic heterocycles. The van der Waals surface area contributed by atoms with Gasteiger partial charge in [-0.05, 0) is 32.6 Å². The number of hydrogen-bond donors (Lipinski definition) is 2. The summed E-state index contributed by atoms with van der Waals surface area (Å²) in [4.78, 5) is 4.93. The highest BCUT2D eigenvalue weighted by Crippen LogP contribution is 2.38. The zero-order chi connectivity index (χ0) is 12.5. The molecule has 2 aliphatic rings. The predicted molar refractivity (Wildman–Crippen MR) is 69.9 cm³/mol. The van der Waals surface area contributed by atoms with Crippen LogP contribution in [-0.2, 0) is 0 Å². The van der Waals surface area contributed by atoms with Crippen LogP contribution in [0.5, 0.6) is 0 Å². The van der Waals surface area contributed by atoms with E-state index in [1.54, 1.807) is 0 Å². The summed E-state index contributed by atoms with van der Waals surface area (Å²) in [6, 6.07) is 0.640. The van der Waals surface area contributed by atoms with E-state index in [2.05, 4.69) is 23.6 Å². The normalized spacial score (nSPS) is 27.4. The molecule has 0 aromatic rings. The molecular weight excluding hydrogens is 214 g/mol. The van der Waals surface area contributed by atoms with Crippen LogP contribution in [0.15, 0.2) is 0 Å². The van der Waals surface area contributed by atoms with E-state index in [9.17, 15) is 5.11 Å². The largest absolute Gasteiger partial charge is 0.394 e. The van der Waals surface area contributed by atoms with Gasteiger partial charge < -0.3 is 10.8 Å². The maximum atomic E-state index is 9.50. The Morgan fingerprint density at radius 2 is 1.82 bits per heavy atom. The average molecular weight is 241 g/mol. The molecule has 0 bridgehead atoms. The van der Waals surface area contributed by atoms with E-state index in [0.717, 1.165) is 32.7 Å². The van der Waals surface area contributed by atoms with Crippen molar-refractivity contribution in [3.8, 4) is 0 Å². The minimum atomic E-state index is -0.347. The molecule has 0 aromatic heterocycles. The first-order valence-corrected chi connectivity index (χ1v) is 6.91. The Morgan fingerprint density at radius 1 is 1.24 bits per heavy atom. The van der Waals surface area contributed by atoms with Gasteiger partial charge in [0.25, 0.3) is 0 Å². The van der Waals surface area contributed by atoms with Crippen LogP contribution in [0.2, 0.25) is 0 Å². The summed E-state index contributed by atoms with van der Waals surface area (Å²) in [5.41, 5.74) is 5.98. The molecule has 0 aromatic carbocycles. The molecule has 3 N–H and O–H groups in total. The summed E-state index contributed by atoms with van der Waals surface area (Å²) >= 11 is 0. The lowest BCUT2D eigenvalue weighted by Crippen LogP contribution is -2.59. The van der Waals surface area contributed by atoms with E-state index in [-0.39, 0.29) is 12.1 Å². The number of nitrogens with zero attached hydrogens (tertiary/aromatic N) is 2. The Balaban J connectivity index is 1.80. The highest BCUT2D eigenvalue weighted by molar-refractivity contribution is 5.00. The number of aliphatic hydroxyl groups is 1. The number of hydrogen-bond acceptors (Lipinski definition) is 4. The van der Waals surface area contributed by atoms with Gasteiger partial charge in [-0.3, -0.25) is 9.80 Å². The van der Waals surface area contributed by atoms with E-state index in [4.69, 9.17) is 5.73 Å². The van der Waals surface area contributed by atoms with Gasteiger partial charge >= 0.3 is 0 Å². The first kappa shape index (κ1) is 13.3. The molecule has 1 heterocycles. The molecule has 1 saturated heterocycles. The first-order chi connectivity index (χ1) is 8.05. The van der Waals surface area contributed by atoms with Crippen LogP contribution in [0.4, 0.5) is 0 Å². The van der Waals surface area contributed by atoms with Crippen molar-refractivity contribution in [2.45, 2.75) is 38.3 Å². The van der Waals surface area contributed by atoms with E-state index < -0.39 is 0 Å². The van der Waals surface area contributed by atoms with E-state index >= 15 is 0 Å². The van der Waals surface area contributed by atoms with Crippen LogP contribution < -0.4 is 5.73 Å². The molecule has 1 unspecified atom stereocenters. The van der Waals surface area contributed by atoms with E-state index in [0.29, 0.717) is 12.0 Å². The molecule has 100 valence electrons. The van der Waals surface area contributed by atoms with E-state index in [1.807, 2.05) is 0 Å². The average Bonchev–Trinajstić information content (AvgIpc) is 3.13. The second kappa shape index (κ2) is 5.22. The molecule has 1 aliphatic carbocycles. The molecule has 4 nitrogen and oxygen atoms in total. The Morgan fingerprint density at radius 3 is 2.24 bits per heavy atom. The molecule has 0 radical (unpaired) electrons. The number of rotatable bonds is 5. The van der Waals surface area contributed by atoms with E-state index in [1.165, 1.54) is 12.8 Å². The SMILES string of the molecule is CC(C)N1CCN(CC(N)(CO)C2CC2)CC1. The Kier molecular flexibility index (Phi) is 4.08. The Bertz CT molecular complexity index is 247. The standard InChI is InChI=1S/C13H27N3O/c1-11(2)16-7-5-15(6-8-16)9-13(14,10-17)12-3-4-12/h11-12,17H,3-10,14H2,1-2H3. The molecule has 2 rings (SSSR count). The van der Waals surface area contributed by atoms with Gasteiger partial charge in [-0.2, -0.15) is 0 Å². The van der Waals surface area contributed by atoms with Crippen molar-refractivity contribution in [1.29, 1.82) is 0 Å². The minimum Gasteiger partial charge on any atom is -0.394 e. The molecular formula is C13H27N3O. The fourth-order valence-corrected chi connectivity index (χ4v) is 2.82. The van der Waals surface area contributed by atoms with Gasteiger partial charge in [0, 0.05) is 38.8 Å². The fraction of sp³-hybridized carbons (Fsp3) is 1.00. The lowest BCUT2D eigenvalue weighted by molar-refractivity contribution is 0.0674. The fourth-order valence-electron chi connectivity index (χ4n) is 2.82. The maximum absolute atomic E-state index is 9.50. The molecule has 4 heteroatoms. The van der Waals surface area contributed by atoms with Crippen molar-refractivity contribution in [3.63, 3.8) is 0 Å². The summed E-state index contributed by atoms with van der Waals surface area (Å²) in [7, 11) is 0. The second-order valence-corrected chi connectivity index (χ2v) is 6.07. The minimum absolute atomic E-state index is 0.127. The van der Waals surface area contributed by atoms with Crippen LogP contribution >= 0.6 is 0 Å². The van der Waals surface area contributed by atoms with Crippen molar-refractivity contribution < 1.29 is 5.11 Å². The monoisotopic (exact) mass is 241 g/mol. The highest BCUT2D eigenvalue weighted by atomic mass is 16.3. The molecule has 17 heavy (non-hydrogen) atoms. The predicted octanol–water partition coefficient (Wildman–Crippen LogP) is 0.112. The highest BCUT2D eigenvalue weighted by Gasteiger charge is 2.43. The second-order valence-electron chi connectivity index (χ2n) is 6.07. The van der Waals surface area contributed by atoms with Crippen LogP contribution in [-0.4, -0.2) is 65.8 Å². The zero-order valence-electron chi connectivity index (χ0n) is 11.2. The van der Waals surface area contributed by atoms with Crippen molar-refractivity contribution in [2.24, 2.45) is 11.7 Å². The summed E-state index contributed by atoms with van der Waals surface area (Å²) in [6.07, 6.45) is 2.39. The Hall–Kier alpha value is -0.160. The molecule has 1 atom stereocenters.